The molecular formula is C23H33N. The lowest BCUT2D eigenvalue weighted by molar-refractivity contribution is 0.518. The van der Waals surface area contributed by atoms with Gasteiger partial charge in [0.2, 0.25) is 0 Å². The fourth-order valence-corrected chi connectivity index (χ4v) is 2.38. The molecule has 0 spiro atoms. The van der Waals surface area contributed by atoms with Gasteiger partial charge >= 0.3 is 0 Å². The topological polar surface area (TPSA) is 3.24 Å². The summed E-state index contributed by atoms with van der Waals surface area (Å²) in [6, 6.07) is 10.5. The Labute approximate surface area is 149 Å². The standard InChI is InChI=1S/C23H33N/c1-18(2)16-24(22-12-10-9-11-13-22)17-20(4)14-19(3)15-21(5)23(6,7)8/h9-16H,5,17H2,1-4,6-8H3/b19-15-,20-14+. The maximum Gasteiger partial charge on any atom is 0.0435 e. The van der Waals surface area contributed by atoms with Crippen LogP contribution in [0.2, 0.25) is 0 Å². The van der Waals surface area contributed by atoms with E-state index in [4.69, 9.17) is 0 Å². The summed E-state index contributed by atoms with van der Waals surface area (Å²) in [7, 11) is 0. The van der Waals surface area contributed by atoms with Crippen LogP contribution in [0, 0.1) is 5.41 Å². The van der Waals surface area contributed by atoms with Gasteiger partial charge in [0.15, 0.2) is 0 Å². The normalized spacial score (nSPS) is 12.8. The van der Waals surface area contributed by atoms with Gasteiger partial charge in [0.1, 0.15) is 0 Å². The van der Waals surface area contributed by atoms with E-state index in [1.54, 1.807) is 0 Å². The fraction of sp³-hybridized carbons (Fsp3) is 0.391. The maximum absolute atomic E-state index is 4.20. The Balaban J connectivity index is 2.96. The third-order valence-corrected chi connectivity index (χ3v) is 3.76. The number of hydrogen-bond acceptors (Lipinski definition) is 1. The predicted octanol–water partition coefficient (Wildman–Crippen LogP) is 6.91. The zero-order valence-corrected chi connectivity index (χ0v) is 16.5. The first kappa shape index (κ1) is 20.0. The van der Waals surface area contributed by atoms with Gasteiger partial charge in [0, 0.05) is 18.4 Å². The summed E-state index contributed by atoms with van der Waals surface area (Å²) in [5, 5.41) is 0. The van der Waals surface area contributed by atoms with Crippen molar-refractivity contribution in [3.63, 3.8) is 0 Å². The Morgan fingerprint density at radius 2 is 1.58 bits per heavy atom. The van der Waals surface area contributed by atoms with Gasteiger partial charge in [0.25, 0.3) is 0 Å². The van der Waals surface area contributed by atoms with E-state index in [2.05, 4.69) is 109 Å². The summed E-state index contributed by atoms with van der Waals surface area (Å²) in [4.78, 5) is 2.30. The van der Waals surface area contributed by atoms with Gasteiger partial charge < -0.3 is 4.90 Å². The lowest BCUT2D eigenvalue weighted by Gasteiger charge is -2.22. The summed E-state index contributed by atoms with van der Waals surface area (Å²) in [5.41, 5.74) is 6.35. The molecule has 130 valence electrons. The second-order valence-corrected chi connectivity index (χ2v) is 7.82. The van der Waals surface area contributed by atoms with Crippen molar-refractivity contribution in [2.45, 2.75) is 48.5 Å². The highest BCUT2D eigenvalue weighted by atomic mass is 15.1. The number of allylic oxidation sites excluding steroid dienone is 5. The van der Waals surface area contributed by atoms with E-state index in [1.807, 2.05) is 0 Å². The summed E-state index contributed by atoms with van der Waals surface area (Å²) in [6.07, 6.45) is 6.66. The number of benzene rings is 1. The van der Waals surface area contributed by atoms with Crippen molar-refractivity contribution in [1.29, 1.82) is 0 Å². The zero-order valence-electron chi connectivity index (χ0n) is 16.5. The highest BCUT2D eigenvalue weighted by Crippen LogP contribution is 2.26. The van der Waals surface area contributed by atoms with Gasteiger partial charge in [-0.25, -0.2) is 0 Å². The Morgan fingerprint density at radius 3 is 2.08 bits per heavy atom. The van der Waals surface area contributed by atoms with Crippen LogP contribution in [0.5, 0.6) is 0 Å². The third-order valence-electron chi connectivity index (χ3n) is 3.76. The van der Waals surface area contributed by atoms with Crippen molar-refractivity contribution in [2.24, 2.45) is 5.41 Å². The molecular weight excluding hydrogens is 290 g/mol. The Bertz CT molecular complexity index is 632. The molecule has 0 bridgehead atoms. The van der Waals surface area contributed by atoms with Crippen molar-refractivity contribution >= 4 is 5.69 Å². The third kappa shape index (κ3) is 7.04. The molecule has 0 saturated carbocycles. The summed E-state index contributed by atoms with van der Waals surface area (Å²) in [6.45, 7) is 20.3. The van der Waals surface area contributed by atoms with Crippen LogP contribution in [0.4, 0.5) is 5.69 Å². The van der Waals surface area contributed by atoms with Crippen molar-refractivity contribution < 1.29 is 0 Å². The van der Waals surface area contributed by atoms with Gasteiger partial charge in [-0.1, -0.05) is 74.4 Å². The lowest BCUT2D eigenvalue weighted by atomic mass is 9.86. The minimum absolute atomic E-state index is 0.112. The number of anilines is 1. The number of hydrogen-bond donors (Lipinski definition) is 0. The maximum atomic E-state index is 4.20. The predicted molar refractivity (Wildman–Crippen MR) is 109 cm³/mol. The molecule has 1 rings (SSSR count). The van der Waals surface area contributed by atoms with Crippen molar-refractivity contribution in [2.75, 3.05) is 11.4 Å². The molecule has 0 fully saturated rings. The van der Waals surface area contributed by atoms with Crippen LogP contribution in [0.3, 0.4) is 0 Å². The number of para-hydroxylation sites is 1. The zero-order chi connectivity index (χ0) is 18.3. The van der Waals surface area contributed by atoms with E-state index in [0.29, 0.717) is 0 Å². The van der Waals surface area contributed by atoms with Gasteiger partial charge in [-0.2, -0.15) is 0 Å². The second-order valence-electron chi connectivity index (χ2n) is 7.82. The monoisotopic (exact) mass is 323 g/mol. The number of rotatable bonds is 6. The average molecular weight is 324 g/mol. The molecule has 0 amide bonds. The van der Waals surface area contributed by atoms with Gasteiger partial charge in [-0.15, -0.1) is 0 Å². The summed E-state index contributed by atoms with van der Waals surface area (Å²) in [5.74, 6) is 0. The minimum atomic E-state index is 0.112. The molecule has 1 heteroatoms. The Hall–Kier alpha value is -2.02. The van der Waals surface area contributed by atoms with Crippen LogP contribution in [0.15, 0.2) is 77.6 Å². The summed E-state index contributed by atoms with van der Waals surface area (Å²) >= 11 is 0. The van der Waals surface area contributed by atoms with Crippen LogP contribution in [0.25, 0.3) is 0 Å². The molecule has 0 radical (unpaired) electrons. The molecule has 0 heterocycles. The van der Waals surface area contributed by atoms with Crippen LogP contribution in [-0.4, -0.2) is 6.54 Å². The molecule has 0 N–H and O–H groups in total. The van der Waals surface area contributed by atoms with Gasteiger partial charge in [-0.3, -0.25) is 0 Å². The highest BCUT2D eigenvalue weighted by molar-refractivity contribution is 5.51. The summed E-state index contributed by atoms with van der Waals surface area (Å²) < 4.78 is 0. The van der Waals surface area contributed by atoms with Gasteiger partial charge in [0.05, 0.1) is 0 Å². The van der Waals surface area contributed by atoms with E-state index in [-0.39, 0.29) is 5.41 Å². The fourth-order valence-electron chi connectivity index (χ4n) is 2.38. The van der Waals surface area contributed by atoms with E-state index in [9.17, 15) is 0 Å². The van der Waals surface area contributed by atoms with Crippen LogP contribution in [0.1, 0.15) is 48.5 Å². The molecule has 1 aromatic carbocycles. The molecule has 0 saturated heterocycles. The van der Waals surface area contributed by atoms with E-state index in [1.165, 1.54) is 22.4 Å². The molecule has 1 nitrogen and oxygen atoms in total. The smallest absolute Gasteiger partial charge is 0.0435 e. The first-order valence-corrected chi connectivity index (χ1v) is 8.61. The van der Waals surface area contributed by atoms with Gasteiger partial charge in [-0.05, 0) is 50.8 Å². The molecule has 0 aliphatic heterocycles. The number of nitrogens with zero attached hydrogens (tertiary/aromatic N) is 1. The van der Waals surface area contributed by atoms with Crippen molar-refractivity contribution in [3.8, 4) is 0 Å². The van der Waals surface area contributed by atoms with Crippen molar-refractivity contribution in [3.05, 3.63) is 77.6 Å². The molecule has 0 unspecified atom stereocenters. The molecule has 24 heavy (non-hydrogen) atoms. The molecule has 0 aliphatic rings. The first-order valence-electron chi connectivity index (χ1n) is 8.61. The molecule has 0 aliphatic carbocycles. The molecule has 0 aromatic heterocycles. The van der Waals surface area contributed by atoms with E-state index in [0.717, 1.165) is 12.1 Å². The highest BCUT2D eigenvalue weighted by Gasteiger charge is 2.12. The van der Waals surface area contributed by atoms with Crippen molar-refractivity contribution in [1.82, 2.24) is 0 Å². The van der Waals surface area contributed by atoms with E-state index < -0.39 is 0 Å². The minimum Gasteiger partial charge on any atom is -0.344 e. The van der Waals surface area contributed by atoms with Crippen LogP contribution in [-0.2, 0) is 0 Å². The largest absolute Gasteiger partial charge is 0.344 e. The second kappa shape index (κ2) is 8.73. The first-order chi connectivity index (χ1) is 11.1. The quantitative estimate of drug-likeness (QED) is 0.514. The van der Waals surface area contributed by atoms with Crippen LogP contribution < -0.4 is 4.90 Å². The SMILES string of the molecule is C=C(/C=C(C)\C=C(/C)CN(C=C(C)C)c1ccccc1)C(C)(C)C. The molecule has 1 aromatic rings. The van der Waals surface area contributed by atoms with Crippen LogP contribution >= 0.6 is 0 Å². The van der Waals surface area contributed by atoms with E-state index >= 15 is 0 Å². The Morgan fingerprint density at radius 1 is 1.00 bits per heavy atom. The molecule has 0 atom stereocenters. The average Bonchev–Trinajstić information content (AvgIpc) is 2.45. The Kier molecular flexibility index (Phi) is 7.28. The lowest BCUT2D eigenvalue weighted by Crippen LogP contribution is -2.18.